The van der Waals surface area contributed by atoms with Crippen molar-refractivity contribution in [2.45, 2.75) is 70.6 Å². The van der Waals surface area contributed by atoms with Gasteiger partial charge in [0.2, 0.25) is 0 Å². The van der Waals surface area contributed by atoms with Crippen molar-refractivity contribution in [1.29, 1.82) is 0 Å². The number of methoxy groups -OCH3 is 1. The van der Waals surface area contributed by atoms with E-state index >= 15 is 0 Å². The maximum absolute atomic E-state index is 12.9. The van der Waals surface area contributed by atoms with Gasteiger partial charge in [0.15, 0.2) is 0 Å². The van der Waals surface area contributed by atoms with Gasteiger partial charge in [0.1, 0.15) is 18.0 Å². The van der Waals surface area contributed by atoms with Crippen molar-refractivity contribution in [3.8, 4) is 11.4 Å². The number of rotatable bonds is 10. The second kappa shape index (κ2) is 12.0. The molecule has 2 fully saturated rings. The summed E-state index contributed by atoms with van der Waals surface area (Å²) in [5.74, 6) is 0.465. The fraction of sp³-hybridized carbons (Fsp3) is 0.552. The van der Waals surface area contributed by atoms with Crippen LogP contribution in [0.4, 0.5) is 0 Å². The highest BCUT2D eigenvalue weighted by atomic mass is 16.6. The van der Waals surface area contributed by atoms with Gasteiger partial charge in [-0.1, -0.05) is 6.07 Å². The number of aromatic nitrogens is 3. The van der Waals surface area contributed by atoms with Crippen LogP contribution in [0.25, 0.3) is 22.4 Å². The molecule has 1 N–H and O–H groups in total. The Morgan fingerprint density at radius 1 is 1.26 bits per heavy atom. The van der Waals surface area contributed by atoms with Gasteiger partial charge in [-0.25, -0.2) is 4.98 Å². The molecular formula is C29H38N4O6. The number of aryl methyl sites for hydroxylation is 2. The van der Waals surface area contributed by atoms with E-state index in [1.54, 1.807) is 18.7 Å². The number of nitrogens with zero attached hydrogens (tertiary/aromatic N) is 3. The molecule has 4 heterocycles. The fourth-order valence-corrected chi connectivity index (χ4v) is 5.33. The van der Waals surface area contributed by atoms with Gasteiger partial charge in [-0.3, -0.25) is 14.9 Å². The van der Waals surface area contributed by atoms with Gasteiger partial charge in [0.25, 0.3) is 5.56 Å². The zero-order valence-electron chi connectivity index (χ0n) is 23.1. The highest BCUT2D eigenvalue weighted by molar-refractivity contribution is 5.81. The Morgan fingerprint density at radius 2 is 2.10 bits per heavy atom. The van der Waals surface area contributed by atoms with Crippen molar-refractivity contribution in [1.82, 2.24) is 19.4 Å². The molecule has 2 aliphatic heterocycles. The summed E-state index contributed by atoms with van der Waals surface area (Å²) in [4.78, 5) is 30.3. The molecule has 0 spiro atoms. The highest BCUT2D eigenvalue weighted by Crippen LogP contribution is 2.28. The molecule has 0 radical (unpaired) electrons. The Balaban J connectivity index is 1.42. The van der Waals surface area contributed by atoms with Crippen LogP contribution in [0, 0.1) is 6.92 Å². The molecule has 210 valence electrons. The lowest BCUT2D eigenvalue weighted by atomic mass is 10.1. The van der Waals surface area contributed by atoms with Crippen LogP contribution in [0.1, 0.15) is 37.3 Å². The molecule has 2 saturated heterocycles. The summed E-state index contributed by atoms with van der Waals surface area (Å²) in [6, 6.07) is 7.43. The number of carbonyl (C=O) groups is 1. The zero-order valence-corrected chi connectivity index (χ0v) is 23.1. The molecule has 4 atom stereocenters. The van der Waals surface area contributed by atoms with E-state index in [-0.39, 0.29) is 29.8 Å². The molecule has 0 amide bonds. The van der Waals surface area contributed by atoms with E-state index in [0.29, 0.717) is 38.3 Å². The van der Waals surface area contributed by atoms with Gasteiger partial charge >= 0.3 is 5.97 Å². The number of ether oxygens (including phenoxy) is 4. The zero-order chi connectivity index (χ0) is 27.5. The lowest BCUT2D eigenvalue weighted by Crippen LogP contribution is -2.47. The van der Waals surface area contributed by atoms with Crippen LogP contribution < -0.4 is 10.9 Å². The number of imidazole rings is 1. The summed E-state index contributed by atoms with van der Waals surface area (Å²) >= 11 is 0. The van der Waals surface area contributed by atoms with E-state index < -0.39 is 6.04 Å². The Morgan fingerprint density at radius 3 is 2.79 bits per heavy atom. The minimum absolute atomic E-state index is 0.0206. The van der Waals surface area contributed by atoms with Crippen molar-refractivity contribution < 1.29 is 23.7 Å². The average molecular weight is 539 g/mol. The molecule has 2 aliphatic rings. The molecular weight excluding hydrogens is 500 g/mol. The van der Waals surface area contributed by atoms with Gasteiger partial charge in [-0.05, 0) is 50.5 Å². The maximum atomic E-state index is 12.9. The van der Waals surface area contributed by atoms with E-state index in [4.69, 9.17) is 23.9 Å². The molecule has 2 aromatic heterocycles. The second-order valence-corrected chi connectivity index (χ2v) is 10.6. The molecule has 0 bridgehead atoms. The van der Waals surface area contributed by atoms with Gasteiger partial charge in [-0.15, -0.1) is 0 Å². The first-order chi connectivity index (χ1) is 18.8. The molecule has 2 unspecified atom stereocenters. The molecule has 10 heteroatoms. The highest BCUT2D eigenvalue weighted by Gasteiger charge is 2.30. The predicted molar refractivity (Wildman–Crippen MR) is 147 cm³/mol. The van der Waals surface area contributed by atoms with E-state index in [2.05, 4.69) is 16.0 Å². The van der Waals surface area contributed by atoms with Crippen LogP contribution in [0.2, 0.25) is 0 Å². The molecule has 0 saturated carbocycles. The topological polar surface area (TPSA) is 106 Å². The minimum atomic E-state index is -0.618. The second-order valence-electron chi connectivity index (χ2n) is 10.6. The number of hydrogen-bond donors (Lipinski definition) is 1. The number of carbonyl (C=O) groups excluding carboxylic acids is 1. The third-order valence-electron chi connectivity index (χ3n) is 7.64. The normalized spacial score (nSPS) is 20.9. The standard InChI is InChI=1S/C29H38N4O6/c1-18-12-21(15-32(3)28(18)34)27-31-24-13-20(7-8-25(24)33(27)16-22-6-5-10-38-22)14-30-26(19(2)36-4)29(35)39-23-9-11-37-17-23/h7-8,12-13,15,19,22-23,26,30H,5-6,9-11,14,16-17H2,1-4H3/t19?,22-,23+,26?/m0/s1. The van der Waals surface area contributed by atoms with Crippen molar-refractivity contribution in [2.75, 3.05) is 26.9 Å². The van der Waals surface area contributed by atoms with Crippen LogP contribution in [0.5, 0.6) is 0 Å². The van der Waals surface area contributed by atoms with Crippen molar-refractivity contribution >= 4 is 17.0 Å². The van der Waals surface area contributed by atoms with Crippen LogP contribution >= 0.6 is 0 Å². The van der Waals surface area contributed by atoms with E-state index in [1.807, 2.05) is 38.2 Å². The Labute approximate surface area is 228 Å². The minimum Gasteiger partial charge on any atom is -0.459 e. The smallest absolute Gasteiger partial charge is 0.326 e. The number of esters is 1. The lowest BCUT2D eigenvalue weighted by Gasteiger charge is -2.24. The number of benzene rings is 1. The van der Waals surface area contributed by atoms with Crippen LogP contribution in [-0.2, 0) is 43.9 Å². The van der Waals surface area contributed by atoms with Gasteiger partial charge in [0.05, 0.1) is 43.0 Å². The third kappa shape index (κ3) is 6.09. The monoisotopic (exact) mass is 538 g/mol. The molecule has 1 aromatic carbocycles. The van der Waals surface area contributed by atoms with E-state index in [9.17, 15) is 9.59 Å². The average Bonchev–Trinajstić information content (AvgIpc) is 3.69. The summed E-state index contributed by atoms with van der Waals surface area (Å²) < 4.78 is 26.2. The van der Waals surface area contributed by atoms with Crippen LogP contribution in [0.3, 0.4) is 0 Å². The number of pyridine rings is 1. The molecule has 0 aliphatic carbocycles. The van der Waals surface area contributed by atoms with E-state index in [0.717, 1.165) is 47.4 Å². The summed E-state index contributed by atoms with van der Waals surface area (Å²) in [5.41, 5.74) is 4.36. The largest absolute Gasteiger partial charge is 0.459 e. The molecule has 39 heavy (non-hydrogen) atoms. The Bertz CT molecular complexity index is 1340. The summed E-state index contributed by atoms with van der Waals surface area (Å²) in [6.45, 7) is 6.62. The lowest BCUT2D eigenvalue weighted by molar-refractivity contribution is -0.155. The maximum Gasteiger partial charge on any atom is 0.326 e. The summed E-state index contributed by atoms with van der Waals surface area (Å²) in [5, 5.41) is 3.33. The van der Waals surface area contributed by atoms with Crippen LogP contribution in [0.15, 0.2) is 35.3 Å². The fourth-order valence-electron chi connectivity index (χ4n) is 5.33. The molecule has 3 aromatic rings. The SMILES string of the molecule is COC(C)C(NCc1ccc2c(c1)nc(-c1cc(C)c(=O)n(C)c1)n2C[C@@H]1CCCO1)C(=O)O[C@@H]1CCOC1. The van der Waals surface area contributed by atoms with Crippen LogP contribution in [-0.4, -0.2) is 71.4 Å². The number of fused-ring (bicyclic) bond motifs is 1. The summed E-state index contributed by atoms with van der Waals surface area (Å²) in [7, 11) is 3.35. The molecule has 10 nitrogen and oxygen atoms in total. The van der Waals surface area contributed by atoms with Crippen molar-refractivity contribution in [2.24, 2.45) is 7.05 Å². The van der Waals surface area contributed by atoms with Crippen molar-refractivity contribution in [3.63, 3.8) is 0 Å². The van der Waals surface area contributed by atoms with Gasteiger partial charge in [-0.2, -0.15) is 0 Å². The first kappa shape index (κ1) is 27.5. The predicted octanol–water partition coefficient (Wildman–Crippen LogP) is 2.71. The number of nitrogens with one attached hydrogen (secondary N) is 1. The van der Waals surface area contributed by atoms with Gasteiger partial charge in [0, 0.05) is 51.1 Å². The first-order valence-corrected chi connectivity index (χ1v) is 13.7. The quantitative estimate of drug-likeness (QED) is 0.393. The van der Waals surface area contributed by atoms with Crippen molar-refractivity contribution in [3.05, 3.63) is 51.9 Å². The third-order valence-corrected chi connectivity index (χ3v) is 7.64. The molecule has 5 rings (SSSR count). The van der Waals surface area contributed by atoms with E-state index in [1.165, 1.54) is 0 Å². The summed E-state index contributed by atoms with van der Waals surface area (Å²) in [6.07, 6.45) is 4.16. The first-order valence-electron chi connectivity index (χ1n) is 13.7. The number of hydrogen-bond acceptors (Lipinski definition) is 8. The van der Waals surface area contributed by atoms with Gasteiger partial charge < -0.3 is 28.1 Å². The Kier molecular flexibility index (Phi) is 8.46. The Hall–Kier alpha value is -3.05.